The van der Waals surface area contributed by atoms with Crippen molar-refractivity contribution in [2.45, 2.75) is 66.3 Å². The van der Waals surface area contributed by atoms with Crippen molar-refractivity contribution >= 4 is 5.78 Å². The second-order valence-corrected chi connectivity index (χ2v) is 5.64. The fourth-order valence-corrected chi connectivity index (χ4v) is 2.27. The largest absolute Gasteiger partial charge is 0.299 e. The van der Waals surface area contributed by atoms with E-state index in [9.17, 15) is 4.79 Å². The Morgan fingerprint density at radius 2 is 2.11 bits per heavy atom. The van der Waals surface area contributed by atoms with Gasteiger partial charge in [0.2, 0.25) is 0 Å². The smallest absolute Gasteiger partial charge is 0.143 e. The second kappa shape index (κ2) is 8.08. The molecule has 0 radical (unpaired) electrons. The summed E-state index contributed by atoms with van der Waals surface area (Å²) in [5, 5.41) is 4.21. The first-order valence-electron chi connectivity index (χ1n) is 7.47. The molecule has 19 heavy (non-hydrogen) atoms. The summed E-state index contributed by atoms with van der Waals surface area (Å²) in [6.45, 7) is 9.37. The second-order valence-electron chi connectivity index (χ2n) is 5.64. The fourth-order valence-electron chi connectivity index (χ4n) is 2.27. The highest BCUT2D eigenvalue weighted by Gasteiger charge is 2.19. The summed E-state index contributed by atoms with van der Waals surface area (Å²) in [4.78, 5) is 16.5. The maximum Gasteiger partial charge on any atom is 0.143 e. The van der Waals surface area contributed by atoms with Crippen LogP contribution in [0.3, 0.4) is 0 Å². The maximum atomic E-state index is 12.3. The third kappa shape index (κ3) is 5.13. The normalized spacial score (nSPS) is 12.9. The highest BCUT2D eigenvalue weighted by Crippen LogP contribution is 2.16. The van der Waals surface area contributed by atoms with Gasteiger partial charge < -0.3 is 0 Å². The minimum atomic E-state index is 0.184. The predicted molar refractivity (Wildman–Crippen MR) is 76.9 cm³/mol. The average Bonchev–Trinajstić information content (AvgIpc) is 2.76. The monoisotopic (exact) mass is 265 g/mol. The lowest BCUT2D eigenvalue weighted by Gasteiger charge is -2.13. The van der Waals surface area contributed by atoms with Crippen molar-refractivity contribution in [1.82, 2.24) is 14.8 Å². The number of hydrogen-bond donors (Lipinski definition) is 0. The summed E-state index contributed by atoms with van der Waals surface area (Å²) in [6.07, 6.45) is 6.18. The van der Waals surface area contributed by atoms with E-state index >= 15 is 0 Å². The van der Waals surface area contributed by atoms with Crippen LogP contribution in [-0.2, 0) is 17.8 Å². The third-order valence-corrected chi connectivity index (χ3v) is 3.42. The van der Waals surface area contributed by atoms with Crippen molar-refractivity contribution in [2.24, 2.45) is 11.8 Å². The van der Waals surface area contributed by atoms with Gasteiger partial charge in [-0.25, -0.2) is 9.67 Å². The van der Waals surface area contributed by atoms with Gasteiger partial charge in [-0.05, 0) is 18.8 Å². The molecular formula is C15H27N3O. The van der Waals surface area contributed by atoms with Crippen molar-refractivity contribution in [2.75, 3.05) is 0 Å². The Kier molecular flexibility index (Phi) is 6.74. The van der Waals surface area contributed by atoms with Crippen LogP contribution in [0.4, 0.5) is 0 Å². The molecule has 0 aliphatic heterocycles. The van der Waals surface area contributed by atoms with Gasteiger partial charge in [-0.3, -0.25) is 4.79 Å². The average molecular weight is 265 g/mol. The lowest BCUT2D eigenvalue weighted by molar-refractivity contribution is -0.122. The number of nitrogens with zero attached hydrogens (tertiary/aromatic N) is 3. The van der Waals surface area contributed by atoms with Crippen molar-refractivity contribution in [3.8, 4) is 0 Å². The van der Waals surface area contributed by atoms with Gasteiger partial charge in [0.05, 0.1) is 6.42 Å². The van der Waals surface area contributed by atoms with Gasteiger partial charge in [0.15, 0.2) is 0 Å². The van der Waals surface area contributed by atoms with Crippen molar-refractivity contribution in [3.05, 3.63) is 12.2 Å². The molecule has 1 aromatic rings. The topological polar surface area (TPSA) is 47.8 Å². The first-order chi connectivity index (χ1) is 9.08. The van der Waals surface area contributed by atoms with Crippen LogP contribution in [0.1, 0.15) is 59.2 Å². The third-order valence-electron chi connectivity index (χ3n) is 3.42. The molecule has 1 rings (SSSR count). The van der Waals surface area contributed by atoms with Crippen LogP contribution in [0.5, 0.6) is 0 Å². The highest BCUT2D eigenvalue weighted by atomic mass is 16.1. The van der Waals surface area contributed by atoms with E-state index in [-0.39, 0.29) is 5.92 Å². The van der Waals surface area contributed by atoms with E-state index in [1.807, 2.05) is 4.68 Å². The Balaban J connectivity index is 2.62. The molecule has 1 unspecified atom stereocenters. The van der Waals surface area contributed by atoms with Gasteiger partial charge in [-0.2, -0.15) is 5.10 Å². The number of carbonyl (C=O) groups excluding carboxylic acids is 1. The Bertz CT molecular complexity index is 384. The summed E-state index contributed by atoms with van der Waals surface area (Å²) < 4.78 is 1.87. The van der Waals surface area contributed by atoms with Crippen molar-refractivity contribution < 1.29 is 4.79 Å². The number of carbonyl (C=O) groups is 1. The summed E-state index contributed by atoms with van der Waals surface area (Å²) in [5.74, 6) is 1.82. The number of aromatic nitrogens is 3. The van der Waals surface area contributed by atoms with E-state index in [0.29, 0.717) is 18.1 Å². The van der Waals surface area contributed by atoms with E-state index in [0.717, 1.165) is 38.1 Å². The molecule has 0 fully saturated rings. The van der Waals surface area contributed by atoms with Crippen LogP contribution in [0.15, 0.2) is 6.33 Å². The molecule has 0 aromatic carbocycles. The lowest BCUT2D eigenvalue weighted by Crippen LogP contribution is -2.20. The van der Waals surface area contributed by atoms with Crippen LogP contribution >= 0.6 is 0 Å². The molecule has 0 aliphatic carbocycles. The van der Waals surface area contributed by atoms with Crippen molar-refractivity contribution in [1.29, 1.82) is 0 Å². The molecule has 0 bridgehead atoms. The number of rotatable bonds is 9. The zero-order chi connectivity index (χ0) is 14.3. The van der Waals surface area contributed by atoms with Crippen molar-refractivity contribution in [3.63, 3.8) is 0 Å². The standard InChI is InChI=1S/C15H27N3O/c1-5-7-8-13(6-2)14(19)9-15-16-11-17-18(15)10-12(3)4/h11-13H,5-10H2,1-4H3. The zero-order valence-electron chi connectivity index (χ0n) is 12.7. The van der Waals surface area contributed by atoms with Gasteiger partial charge in [0.1, 0.15) is 17.9 Å². The molecule has 0 amide bonds. The molecule has 0 saturated heterocycles. The fraction of sp³-hybridized carbons (Fsp3) is 0.800. The van der Waals surface area contributed by atoms with Gasteiger partial charge in [0, 0.05) is 12.5 Å². The Morgan fingerprint density at radius 1 is 1.37 bits per heavy atom. The Hall–Kier alpha value is -1.19. The van der Waals surface area contributed by atoms with E-state index in [1.54, 1.807) is 6.33 Å². The molecule has 0 N–H and O–H groups in total. The zero-order valence-corrected chi connectivity index (χ0v) is 12.7. The molecule has 1 atom stereocenters. The van der Waals surface area contributed by atoms with E-state index in [2.05, 4.69) is 37.8 Å². The molecule has 1 aromatic heterocycles. The Labute approximate surface area is 116 Å². The SMILES string of the molecule is CCCCC(CC)C(=O)Cc1ncnn1CC(C)C. The number of Topliss-reactive ketones (excluding diaryl/α,β-unsaturated/α-hetero) is 1. The van der Waals surface area contributed by atoms with Crippen LogP contribution in [0.25, 0.3) is 0 Å². The molecule has 0 spiro atoms. The molecular weight excluding hydrogens is 238 g/mol. The van der Waals surface area contributed by atoms with Gasteiger partial charge in [0.25, 0.3) is 0 Å². The summed E-state index contributed by atoms with van der Waals surface area (Å²) >= 11 is 0. The molecule has 4 nitrogen and oxygen atoms in total. The molecule has 1 heterocycles. The molecule has 0 aliphatic rings. The van der Waals surface area contributed by atoms with Gasteiger partial charge >= 0.3 is 0 Å². The molecule has 4 heteroatoms. The number of unbranched alkanes of at least 4 members (excludes halogenated alkanes) is 1. The van der Waals surface area contributed by atoms with Crippen LogP contribution in [-0.4, -0.2) is 20.5 Å². The molecule has 0 saturated carbocycles. The van der Waals surface area contributed by atoms with Gasteiger partial charge in [-0.1, -0.05) is 40.5 Å². The van der Waals surface area contributed by atoms with Crippen LogP contribution in [0, 0.1) is 11.8 Å². The minimum Gasteiger partial charge on any atom is -0.299 e. The number of hydrogen-bond acceptors (Lipinski definition) is 3. The lowest BCUT2D eigenvalue weighted by atomic mass is 9.93. The molecule has 108 valence electrons. The van der Waals surface area contributed by atoms with E-state index < -0.39 is 0 Å². The van der Waals surface area contributed by atoms with Gasteiger partial charge in [-0.15, -0.1) is 0 Å². The highest BCUT2D eigenvalue weighted by molar-refractivity contribution is 5.82. The predicted octanol–water partition coefficient (Wildman–Crippen LogP) is 3.26. The first-order valence-corrected chi connectivity index (χ1v) is 7.47. The quantitative estimate of drug-likeness (QED) is 0.688. The van der Waals surface area contributed by atoms with Crippen LogP contribution < -0.4 is 0 Å². The van der Waals surface area contributed by atoms with E-state index in [4.69, 9.17) is 0 Å². The summed E-state index contributed by atoms with van der Waals surface area (Å²) in [5.41, 5.74) is 0. The first kappa shape index (κ1) is 15.9. The maximum absolute atomic E-state index is 12.3. The van der Waals surface area contributed by atoms with E-state index in [1.165, 1.54) is 0 Å². The summed E-state index contributed by atoms with van der Waals surface area (Å²) in [7, 11) is 0. The minimum absolute atomic E-state index is 0.184. The summed E-state index contributed by atoms with van der Waals surface area (Å²) in [6, 6.07) is 0. The number of ketones is 1. The van der Waals surface area contributed by atoms with Crippen LogP contribution in [0.2, 0.25) is 0 Å². The Morgan fingerprint density at radius 3 is 2.68 bits per heavy atom.